The topological polar surface area (TPSA) is 122 Å². The fourth-order valence-electron chi connectivity index (χ4n) is 3.11. The third-order valence-corrected chi connectivity index (χ3v) is 7.06. The Labute approximate surface area is 208 Å². The van der Waals surface area contributed by atoms with Gasteiger partial charge in [-0.2, -0.15) is 0 Å². The van der Waals surface area contributed by atoms with E-state index >= 15 is 0 Å². The van der Waals surface area contributed by atoms with Gasteiger partial charge in [0.25, 0.3) is 0 Å². The minimum absolute atomic E-state index is 0.0374. The number of carbonyl (C=O) groups excluding carboxylic acids is 3. The molecule has 3 aromatic rings. The second-order valence-electron chi connectivity index (χ2n) is 7.19. The van der Waals surface area contributed by atoms with E-state index < -0.39 is 23.9 Å². The first-order valence-corrected chi connectivity index (χ1v) is 12.0. The fourth-order valence-corrected chi connectivity index (χ4v) is 4.95. The van der Waals surface area contributed by atoms with Crippen molar-refractivity contribution in [1.82, 2.24) is 14.8 Å². The van der Waals surface area contributed by atoms with E-state index in [0.29, 0.717) is 22.3 Å². The average molecular weight is 523 g/mol. The number of nitrogens with one attached hydrogen (secondary N) is 1. The average Bonchev–Trinajstić information content (AvgIpc) is 3.37. The summed E-state index contributed by atoms with van der Waals surface area (Å²) in [5.41, 5.74) is 0.466. The monoisotopic (exact) mass is 522 g/mol. The van der Waals surface area contributed by atoms with Gasteiger partial charge < -0.3 is 24.1 Å². The molecule has 1 amide bonds. The maximum absolute atomic E-state index is 13.1. The molecule has 0 aliphatic rings. The lowest BCUT2D eigenvalue weighted by Gasteiger charge is -2.14. The molecule has 186 valence electrons. The Morgan fingerprint density at radius 3 is 2.43 bits per heavy atom. The number of thiophene rings is 1. The van der Waals surface area contributed by atoms with E-state index in [0.717, 1.165) is 23.1 Å². The predicted molar refractivity (Wildman–Crippen MR) is 128 cm³/mol. The Morgan fingerprint density at radius 2 is 1.80 bits per heavy atom. The molecule has 35 heavy (non-hydrogen) atoms. The number of aromatic nitrogens is 3. The quantitative estimate of drug-likeness (QED) is 0.331. The Bertz CT molecular complexity index is 1240. The summed E-state index contributed by atoms with van der Waals surface area (Å²) in [6, 6.07) is 5.63. The van der Waals surface area contributed by atoms with Gasteiger partial charge in [-0.1, -0.05) is 11.8 Å². The molecule has 0 aliphatic heterocycles. The molecular formula is C22H23FN4O6S2. The highest BCUT2D eigenvalue weighted by atomic mass is 32.2. The largest absolute Gasteiger partial charge is 0.483 e. The van der Waals surface area contributed by atoms with Gasteiger partial charge in [0.1, 0.15) is 21.4 Å². The van der Waals surface area contributed by atoms with Gasteiger partial charge in [0, 0.05) is 7.05 Å². The molecule has 0 bridgehead atoms. The highest BCUT2D eigenvalue weighted by Crippen LogP contribution is 2.34. The smallest absolute Gasteiger partial charge is 0.348 e. The molecule has 0 spiro atoms. The molecule has 1 unspecified atom stereocenters. The van der Waals surface area contributed by atoms with Crippen LogP contribution < -0.4 is 10.1 Å². The zero-order valence-electron chi connectivity index (χ0n) is 19.6. The molecule has 3 rings (SSSR count). The van der Waals surface area contributed by atoms with Crippen LogP contribution in [0.3, 0.4) is 0 Å². The number of rotatable bonds is 9. The molecule has 2 aromatic heterocycles. The van der Waals surface area contributed by atoms with E-state index in [9.17, 15) is 18.8 Å². The van der Waals surface area contributed by atoms with Crippen molar-refractivity contribution in [2.75, 3.05) is 25.3 Å². The number of methoxy groups -OCH3 is 2. The first-order chi connectivity index (χ1) is 16.7. The van der Waals surface area contributed by atoms with Gasteiger partial charge in [-0.25, -0.2) is 14.0 Å². The molecule has 1 N–H and O–H groups in total. The van der Waals surface area contributed by atoms with Crippen LogP contribution in [0.15, 0.2) is 29.4 Å². The number of thioether (sulfide) groups is 1. The Kier molecular flexibility index (Phi) is 8.46. The number of esters is 2. The van der Waals surface area contributed by atoms with Crippen LogP contribution in [0.25, 0.3) is 0 Å². The lowest BCUT2D eigenvalue weighted by molar-refractivity contribution is -0.113. The molecule has 0 saturated carbocycles. The minimum Gasteiger partial charge on any atom is -0.483 e. The highest BCUT2D eigenvalue weighted by molar-refractivity contribution is 7.99. The van der Waals surface area contributed by atoms with Crippen molar-refractivity contribution >= 4 is 45.9 Å². The minimum atomic E-state index is -0.676. The van der Waals surface area contributed by atoms with Gasteiger partial charge in [0.05, 0.1) is 25.5 Å². The summed E-state index contributed by atoms with van der Waals surface area (Å²) in [5, 5.41) is 11.6. The Morgan fingerprint density at radius 1 is 1.14 bits per heavy atom. The van der Waals surface area contributed by atoms with E-state index in [4.69, 9.17) is 14.2 Å². The van der Waals surface area contributed by atoms with Crippen LogP contribution in [0.1, 0.15) is 44.4 Å². The highest BCUT2D eigenvalue weighted by Gasteiger charge is 2.27. The van der Waals surface area contributed by atoms with Crippen molar-refractivity contribution < 1.29 is 33.0 Å². The van der Waals surface area contributed by atoms with Gasteiger partial charge in [-0.3, -0.25) is 4.79 Å². The number of halogens is 1. The molecular weight excluding hydrogens is 499 g/mol. The van der Waals surface area contributed by atoms with Crippen LogP contribution >= 0.6 is 23.1 Å². The molecule has 10 nitrogen and oxygen atoms in total. The summed E-state index contributed by atoms with van der Waals surface area (Å²) in [6.45, 7) is 3.36. The van der Waals surface area contributed by atoms with E-state index in [1.54, 1.807) is 25.5 Å². The predicted octanol–water partition coefficient (Wildman–Crippen LogP) is 3.77. The normalized spacial score (nSPS) is 11.6. The van der Waals surface area contributed by atoms with E-state index in [1.165, 1.54) is 38.5 Å². The van der Waals surface area contributed by atoms with Crippen molar-refractivity contribution in [3.63, 3.8) is 0 Å². The van der Waals surface area contributed by atoms with Crippen LogP contribution in [-0.4, -0.2) is 52.6 Å². The third kappa shape index (κ3) is 5.98. The standard InChI is InChI=1S/C22H23FN4O6S2/c1-11-16(20(29)31-4)19(35-17(11)21(30)32-5)24-15(28)10-34-22-26-25-18(27(22)3)12(2)33-14-8-6-13(23)7-9-14/h6-9,12H,10H2,1-5H3,(H,24,28). The summed E-state index contributed by atoms with van der Waals surface area (Å²) in [6.07, 6.45) is -0.477. The summed E-state index contributed by atoms with van der Waals surface area (Å²) in [5.74, 6) is -1.11. The first-order valence-electron chi connectivity index (χ1n) is 10.2. The summed E-state index contributed by atoms with van der Waals surface area (Å²) in [7, 11) is 4.18. The summed E-state index contributed by atoms with van der Waals surface area (Å²) in [4.78, 5) is 37.1. The number of nitrogens with zero attached hydrogens (tertiary/aromatic N) is 3. The van der Waals surface area contributed by atoms with Gasteiger partial charge in [-0.15, -0.1) is 21.5 Å². The van der Waals surface area contributed by atoms with Crippen LogP contribution in [0.2, 0.25) is 0 Å². The number of anilines is 1. The molecule has 1 atom stereocenters. The number of hydrogen-bond acceptors (Lipinski definition) is 10. The molecule has 0 saturated heterocycles. The lowest BCUT2D eigenvalue weighted by atomic mass is 10.1. The third-order valence-electron chi connectivity index (χ3n) is 4.85. The number of benzene rings is 1. The van der Waals surface area contributed by atoms with Crippen LogP contribution in [-0.2, 0) is 21.3 Å². The van der Waals surface area contributed by atoms with Crippen molar-refractivity contribution in [3.8, 4) is 5.75 Å². The molecule has 0 radical (unpaired) electrons. The second-order valence-corrected chi connectivity index (χ2v) is 9.16. The molecule has 1 aromatic carbocycles. The van der Waals surface area contributed by atoms with E-state index in [1.807, 2.05) is 0 Å². The van der Waals surface area contributed by atoms with Gasteiger partial charge >= 0.3 is 11.9 Å². The Balaban J connectivity index is 1.67. The number of amides is 1. The van der Waals surface area contributed by atoms with Crippen molar-refractivity contribution in [2.45, 2.75) is 25.1 Å². The number of ether oxygens (including phenoxy) is 3. The maximum Gasteiger partial charge on any atom is 0.348 e. The first kappa shape index (κ1) is 26.2. The summed E-state index contributed by atoms with van der Waals surface area (Å²) >= 11 is 2.07. The zero-order chi connectivity index (χ0) is 25.7. The molecule has 0 fully saturated rings. The van der Waals surface area contributed by atoms with Crippen LogP contribution in [0.5, 0.6) is 5.75 Å². The van der Waals surface area contributed by atoms with Crippen molar-refractivity contribution in [1.29, 1.82) is 0 Å². The fraction of sp³-hybridized carbons (Fsp3) is 0.318. The number of hydrogen-bond donors (Lipinski definition) is 1. The van der Waals surface area contributed by atoms with Gasteiger partial charge in [0.15, 0.2) is 17.1 Å². The Hall–Kier alpha value is -3.45. The van der Waals surface area contributed by atoms with Crippen molar-refractivity contribution in [3.05, 3.63) is 51.9 Å². The van der Waals surface area contributed by atoms with Crippen LogP contribution in [0.4, 0.5) is 9.39 Å². The maximum atomic E-state index is 13.1. The second kappa shape index (κ2) is 11.3. The van der Waals surface area contributed by atoms with Gasteiger partial charge in [-0.05, 0) is 43.7 Å². The summed E-state index contributed by atoms with van der Waals surface area (Å²) < 4.78 is 30.1. The number of carbonyl (C=O) groups is 3. The molecule has 0 aliphatic carbocycles. The van der Waals surface area contributed by atoms with Crippen molar-refractivity contribution in [2.24, 2.45) is 7.05 Å². The van der Waals surface area contributed by atoms with Crippen LogP contribution in [0, 0.1) is 12.7 Å². The lowest BCUT2D eigenvalue weighted by Crippen LogP contribution is -2.16. The van der Waals surface area contributed by atoms with E-state index in [-0.39, 0.29) is 27.0 Å². The van der Waals surface area contributed by atoms with E-state index in [2.05, 4.69) is 15.5 Å². The van der Waals surface area contributed by atoms with Gasteiger partial charge in [0.2, 0.25) is 5.91 Å². The molecule has 13 heteroatoms. The molecule has 2 heterocycles. The SMILES string of the molecule is COC(=O)c1sc(NC(=O)CSc2nnc(C(C)Oc3ccc(F)cc3)n2C)c(C(=O)OC)c1C. The zero-order valence-corrected chi connectivity index (χ0v) is 21.2.